The standard InChI is InChI=1S/C22H21N7O/c23-22-24-13-15(14-25-22)20-27-19-17(21(28-20)29-9-11-30-12-10-29)7-4-8-18(19)26-16-5-2-1-3-6-16/h1-8,13-14,26H,9-12H2,(H2,23,24,25). The molecule has 1 fully saturated rings. The summed E-state index contributed by atoms with van der Waals surface area (Å²) < 4.78 is 5.53. The summed E-state index contributed by atoms with van der Waals surface area (Å²) in [5.41, 5.74) is 9.12. The Morgan fingerprint density at radius 2 is 1.67 bits per heavy atom. The largest absolute Gasteiger partial charge is 0.378 e. The Balaban J connectivity index is 1.68. The number of benzene rings is 2. The van der Waals surface area contributed by atoms with Crippen LogP contribution in [-0.2, 0) is 4.74 Å². The van der Waals surface area contributed by atoms with E-state index in [1.807, 2.05) is 42.5 Å². The molecule has 0 atom stereocenters. The van der Waals surface area contributed by atoms with Crippen LogP contribution in [0.1, 0.15) is 0 Å². The van der Waals surface area contributed by atoms with E-state index in [1.165, 1.54) is 0 Å². The second-order valence-electron chi connectivity index (χ2n) is 6.99. The van der Waals surface area contributed by atoms with Crippen LogP contribution in [0.5, 0.6) is 0 Å². The summed E-state index contributed by atoms with van der Waals surface area (Å²) in [6, 6.07) is 16.1. The molecule has 0 spiro atoms. The van der Waals surface area contributed by atoms with E-state index in [0.29, 0.717) is 19.0 Å². The highest BCUT2D eigenvalue weighted by Gasteiger charge is 2.19. The zero-order valence-corrected chi connectivity index (χ0v) is 16.3. The normalized spacial score (nSPS) is 14.1. The molecule has 0 aliphatic carbocycles. The second kappa shape index (κ2) is 7.92. The summed E-state index contributed by atoms with van der Waals surface area (Å²) in [5.74, 6) is 1.66. The lowest BCUT2D eigenvalue weighted by molar-refractivity contribution is 0.122. The van der Waals surface area contributed by atoms with Crippen LogP contribution in [-0.4, -0.2) is 46.2 Å². The average Bonchev–Trinajstić information content (AvgIpc) is 2.80. The molecule has 0 bridgehead atoms. The summed E-state index contributed by atoms with van der Waals surface area (Å²) in [6.07, 6.45) is 3.31. The van der Waals surface area contributed by atoms with Crippen LogP contribution in [0.3, 0.4) is 0 Å². The van der Waals surface area contributed by atoms with E-state index in [-0.39, 0.29) is 5.95 Å². The van der Waals surface area contributed by atoms with Crippen molar-refractivity contribution in [2.24, 2.45) is 0 Å². The van der Waals surface area contributed by atoms with Crippen LogP contribution in [0.4, 0.5) is 23.1 Å². The van der Waals surface area contributed by atoms with Crippen molar-refractivity contribution in [3.8, 4) is 11.4 Å². The molecule has 0 amide bonds. The Morgan fingerprint density at radius 1 is 0.900 bits per heavy atom. The quantitative estimate of drug-likeness (QED) is 0.539. The van der Waals surface area contributed by atoms with Gasteiger partial charge in [0, 0.05) is 36.6 Å². The summed E-state index contributed by atoms with van der Waals surface area (Å²) in [4.78, 5) is 20.2. The maximum absolute atomic E-state index is 5.66. The van der Waals surface area contributed by atoms with E-state index >= 15 is 0 Å². The highest BCUT2D eigenvalue weighted by molar-refractivity contribution is 5.99. The first-order valence-electron chi connectivity index (χ1n) is 9.81. The van der Waals surface area contributed by atoms with Gasteiger partial charge in [-0.3, -0.25) is 0 Å². The van der Waals surface area contributed by atoms with Crippen molar-refractivity contribution < 1.29 is 4.74 Å². The number of ether oxygens (including phenoxy) is 1. The van der Waals surface area contributed by atoms with Crippen LogP contribution < -0.4 is 16.0 Å². The van der Waals surface area contributed by atoms with Crippen molar-refractivity contribution in [2.45, 2.75) is 0 Å². The number of fused-ring (bicyclic) bond motifs is 1. The zero-order chi connectivity index (χ0) is 20.3. The van der Waals surface area contributed by atoms with Gasteiger partial charge in [-0.2, -0.15) is 0 Å². The number of hydrogen-bond donors (Lipinski definition) is 2. The molecule has 3 heterocycles. The van der Waals surface area contributed by atoms with Crippen molar-refractivity contribution in [2.75, 3.05) is 42.3 Å². The predicted molar refractivity (Wildman–Crippen MR) is 118 cm³/mol. The molecule has 0 radical (unpaired) electrons. The van der Waals surface area contributed by atoms with Crippen LogP contribution >= 0.6 is 0 Å². The molecule has 30 heavy (non-hydrogen) atoms. The molecule has 4 aromatic rings. The van der Waals surface area contributed by atoms with Gasteiger partial charge in [0.15, 0.2) is 5.82 Å². The van der Waals surface area contributed by atoms with Gasteiger partial charge in [-0.25, -0.2) is 19.9 Å². The molecule has 3 N–H and O–H groups in total. The average molecular weight is 399 g/mol. The summed E-state index contributed by atoms with van der Waals surface area (Å²) in [6.45, 7) is 2.90. The number of nitrogens with one attached hydrogen (secondary N) is 1. The first kappa shape index (κ1) is 18.3. The van der Waals surface area contributed by atoms with Gasteiger partial charge < -0.3 is 20.7 Å². The molecule has 1 saturated heterocycles. The first-order chi connectivity index (χ1) is 14.8. The van der Waals surface area contributed by atoms with Gasteiger partial charge in [-0.15, -0.1) is 0 Å². The highest BCUT2D eigenvalue weighted by Crippen LogP contribution is 2.33. The van der Waals surface area contributed by atoms with Gasteiger partial charge in [0.05, 0.1) is 30.0 Å². The van der Waals surface area contributed by atoms with Gasteiger partial charge in [0.25, 0.3) is 0 Å². The molecule has 8 heteroatoms. The molecule has 8 nitrogen and oxygen atoms in total. The fourth-order valence-electron chi connectivity index (χ4n) is 3.51. The lowest BCUT2D eigenvalue weighted by Crippen LogP contribution is -2.37. The SMILES string of the molecule is Nc1ncc(-c2nc(N3CCOCC3)c3cccc(Nc4ccccc4)c3n2)cn1. The number of rotatable bonds is 4. The van der Waals surface area contributed by atoms with Crippen LogP contribution in [0, 0.1) is 0 Å². The molecular weight excluding hydrogens is 378 g/mol. The Kier molecular flexibility index (Phi) is 4.82. The van der Waals surface area contributed by atoms with Crippen molar-refractivity contribution in [1.82, 2.24) is 19.9 Å². The van der Waals surface area contributed by atoms with E-state index in [1.54, 1.807) is 12.4 Å². The Morgan fingerprint density at radius 3 is 2.43 bits per heavy atom. The zero-order valence-electron chi connectivity index (χ0n) is 16.3. The van der Waals surface area contributed by atoms with E-state index in [2.05, 4.69) is 26.3 Å². The number of aromatic nitrogens is 4. The highest BCUT2D eigenvalue weighted by atomic mass is 16.5. The van der Waals surface area contributed by atoms with E-state index in [9.17, 15) is 0 Å². The van der Waals surface area contributed by atoms with Gasteiger partial charge in [0.2, 0.25) is 5.95 Å². The lowest BCUT2D eigenvalue weighted by Gasteiger charge is -2.29. The van der Waals surface area contributed by atoms with Crippen molar-refractivity contribution in [1.29, 1.82) is 0 Å². The third kappa shape index (κ3) is 3.60. The van der Waals surface area contributed by atoms with Crippen LogP contribution in [0.2, 0.25) is 0 Å². The molecule has 5 rings (SSSR count). The van der Waals surface area contributed by atoms with Crippen molar-refractivity contribution >= 4 is 34.0 Å². The van der Waals surface area contributed by atoms with E-state index in [4.69, 9.17) is 20.4 Å². The molecule has 0 unspecified atom stereocenters. The minimum Gasteiger partial charge on any atom is -0.378 e. The van der Waals surface area contributed by atoms with Crippen LogP contribution in [0.15, 0.2) is 60.9 Å². The fraction of sp³-hybridized carbons (Fsp3) is 0.182. The monoisotopic (exact) mass is 399 g/mol. The number of hydrogen-bond acceptors (Lipinski definition) is 8. The van der Waals surface area contributed by atoms with Crippen LogP contribution in [0.25, 0.3) is 22.3 Å². The Labute approximate surface area is 173 Å². The van der Waals surface area contributed by atoms with E-state index in [0.717, 1.165) is 46.7 Å². The molecule has 2 aromatic heterocycles. The van der Waals surface area contributed by atoms with E-state index < -0.39 is 0 Å². The second-order valence-corrected chi connectivity index (χ2v) is 6.99. The molecule has 0 saturated carbocycles. The van der Waals surface area contributed by atoms with Gasteiger partial charge in [-0.05, 0) is 24.3 Å². The number of morpholine rings is 1. The van der Waals surface area contributed by atoms with Gasteiger partial charge in [0.1, 0.15) is 5.82 Å². The summed E-state index contributed by atoms with van der Waals surface area (Å²) in [7, 11) is 0. The number of nitrogen functional groups attached to an aromatic ring is 1. The molecule has 1 aliphatic rings. The third-order valence-electron chi connectivity index (χ3n) is 5.00. The minimum atomic E-state index is 0.222. The van der Waals surface area contributed by atoms with Gasteiger partial charge >= 0.3 is 0 Å². The lowest BCUT2D eigenvalue weighted by atomic mass is 10.1. The molecular formula is C22H21N7O. The smallest absolute Gasteiger partial charge is 0.219 e. The van der Waals surface area contributed by atoms with Gasteiger partial charge in [-0.1, -0.05) is 24.3 Å². The fourth-order valence-corrected chi connectivity index (χ4v) is 3.51. The van der Waals surface area contributed by atoms with Crippen molar-refractivity contribution in [3.05, 3.63) is 60.9 Å². The minimum absolute atomic E-state index is 0.222. The first-order valence-corrected chi connectivity index (χ1v) is 9.81. The Hall–Kier alpha value is -3.78. The number of para-hydroxylation sites is 2. The third-order valence-corrected chi connectivity index (χ3v) is 5.00. The summed E-state index contributed by atoms with van der Waals surface area (Å²) >= 11 is 0. The Bertz CT molecular complexity index is 1160. The molecule has 1 aliphatic heterocycles. The number of nitrogens with two attached hydrogens (primary N) is 1. The summed E-state index contributed by atoms with van der Waals surface area (Å²) in [5, 5.41) is 4.46. The predicted octanol–water partition coefficient (Wildman–Crippen LogP) is 3.25. The maximum Gasteiger partial charge on any atom is 0.219 e. The van der Waals surface area contributed by atoms with Crippen molar-refractivity contribution in [3.63, 3.8) is 0 Å². The molecule has 2 aromatic carbocycles. The number of anilines is 4. The maximum atomic E-state index is 5.66. The number of nitrogens with zero attached hydrogens (tertiary/aromatic N) is 5. The topological polar surface area (TPSA) is 102 Å². The molecule has 150 valence electrons.